The number of H-pyrrole nitrogens is 1. The van der Waals surface area contributed by atoms with Gasteiger partial charge in [0, 0.05) is 24.1 Å². The summed E-state index contributed by atoms with van der Waals surface area (Å²) in [5.74, 6) is 0. The zero-order chi connectivity index (χ0) is 9.97. The molecule has 3 nitrogen and oxygen atoms in total. The standard InChI is InChI=1S/C11H14N2O/c1-2-8-3-4-10-9(7-8)11(5-6-14)13-12-10/h3-4,7,14H,2,5-6H2,1H3,(H,12,13). The third-order valence-corrected chi connectivity index (χ3v) is 2.47. The topological polar surface area (TPSA) is 48.9 Å². The largest absolute Gasteiger partial charge is 0.396 e. The van der Waals surface area contributed by atoms with Crippen molar-refractivity contribution in [3.8, 4) is 0 Å². The van der Waals surface area contributed by atoms with E-state index in [2.05, 4.69) is 29.3 Å². The first-order valence-corrected chi connectivity index (χ1v) is 4.92. The highest BCUT2D eigenvalue weighted by Gasteiger charge is 2.04. The Morgan fingerprint density at radius 3 is 3.00 bits per heavy atom. The van der Waals surface area contributed by atoms with Crippen molar-refractivity contribution < 1.29 is 5.11 Å². The van der Waals surface area contributed by atoms with Gasteiger partial charge in [0.05, 0.1) is 5.52 Å². The average Bonchev–Trinajstić information content (AvgIpc) is 2.61. The third kappa shape index (κ3) is 1.51. The average molecular weight is 190 g/mol. The van der Waals surface area contributed by atoms with Crippen LogP contribution in [0.25, 0.3) is 10.9 Å². The minimum absolute atomic E-state index is 0.160. The number of aromatic nitrogens is 2. The van der Waals surface area contributed by atoms with Gasteiger partial charge in [0.25, 0.3) is 0 Å². The predicted molar refractivity (Wildman–Crippen MR) is 56.3 cm³/mol. The normalized spacial score (nSPS) is 11.0. The van der Waals surface area contributed by atoms with E-state index in [1.807, 2.05) is 6.07 Å². The first kappa shape index (κ1) is 9.21. The molecule has 2 rings (SSSR count). The maximum Gasteiger partial charge on any atom is 0.0923 e. The van der Waals surface area contributed by atoms with Crippen LogP contribution < -0.4 is 0 Å². The van der Waals surface area contributed by atoms with Gasteiger partial charge < -0.3 is 5.11 Å². The van der Waals surface area contributed by atoms with E-state index >= 15 is 0 Å². The number of nitrogens with zero attached hydrogens (tertiary/aromatic N) is 1. The molecule has 0 unspecified atom stereocenters. The summed E-state index contributed by atoms with van der Waals surface area (Å²) in [6.07, 6.45) is 1.67. The summed E-state index contributed by atoms with van der Waals surface area (Å²) in [6, 6.07) is 6.25. The molecule has 14 heavy (non-hydrogen) atoms. The van der Waals surface area contributed by atoms with Gasteiger partial charge in [-0.1, -0.05) is 13.0 Å². The first-order chi connectivity index (χ1) is 6.85. The summed E-state index contributed by atoms with van der Waals surface area (Å²) in [7, 11) is 0. The molecule has 0 atom stereocenters. The number of benzene rings is 1. The summed E-state index contributed by atoms with van der Waals surface area (Å²) >= 11 is 0. The quantitative estimate of drug-likeness (QED) is 0.773. The molecule has 0 aliphatic carbocycles. The molecule has 0 radical (unpaired) electrons. The van der Waals surface area contributed by atoms with E-state index < -0.39 is 0 Å². The number of hydrogen-bond acceptors (Lipinski definition) is 2. The van der Waals surface area contributed by atoms with Gasteiger partial charge in [-0.05, 0) is 24.1 Å². The lowest BCUT2D eigenvalue weighted by molar-refractivity contribution is 0.298. The summed E-state index contributed by atoms with van der Waals surface area (Å²) in [6.45, 7) is 2.29. The molecule has 0 spiro atoms. The fraction of sp³-hybridized carbons (Fsp3) is 0.364. The van der Waals surface area contributed by atoms with Crippen LogP contribution in [0.3, 0.4) is 0 Å². The molecule has 0 aliphatic rings. The van der Waals surface area contributed by atoms with Crippen molar-refractivity contribution in [1.82, 2.24) is 10.2 Å². The van der Waals surface area contributed by atoms with Crippen LogP contribution in [0.2, 0.25) is 0 Å². The van der Waals surface area contributed by atoms with E-state index in [0.717, 1.165) is 23.0 Å². The van der Waals surface area contributed by atoms with E-state index in [-0.39, 0.29) is 6.61 Å². The maximum absolute atomic E-state index is 8.88. The molecule has 2 aromatic rings. The molecular formula is C11H14N2O. The van der Waals surface area contributed by atoms with Crippen molar-refractivity contribution >= 4 is 10.9 Å². The number of nitrogens with one attached hydrogen (secondary N) is 1. The van der Waals surface area contributed by atoms with Crippen LogP contribution in [-0.2, 0) is 12.8 Å². The van der Waals surface area contributed by atoms with Crippen molar-refractivity contribution in [1.29, 1.82) is 0 Å². The molecule has 0 saturated carbocycles. The van der Waals surface area contributed by atoms with Gasteiger partial charge in [-0.3, -0.25) is 5.10 Å². The van der Waals surface area contributed by atoms with Crippen LogP contribution in [0.1, 0.15) is 18.2 Å². The van der Waals surface area contributed by atoms with Gasteiger partial charge >= 0.3 is 0 Å². The van der Waals surface area contributed by atoms with Crippen LogP contribution in [-0.4, -0.2) is 21.9 Å². The molecule has 1 aromatic heterocycles. The lowest BCUT2D eigenvalue weighted by atomic mass is 10.1. The molecule has 0 aliphatic heterocycles. The number of fused-ring (bicyclic) bond motifs is 1. The second kappa shape index (κ2) is 3.80. The van der Waals surface area contributed by atoms with Crippen molar-refractivity contribution in [2.24, 2.45) is 0 Å². The van der Waals surface area contributed by atoms with Crippen molar-refractivity contribution in [2.75, 3.05) is 6.61 Å². The highest BCUT2D eigenvalue weighted by atomic mass is 16.3. The fourth-order valence-corrected chi connectivity index (χ4v) is 1.63. The molecular weight excluding hydrogens is 176 g/mol. The number of hydrogen-bond donors (Lipinski definition) is 2. The molecule has 0 amide bonds. The molecule has 74 valence electrons. The summed E-state index contributed by atoms with van der Waals surface area (Å²) < 4.78 is 0. The lowest BCUT2D eigenvalue weighted by Gasteiger charge is -1.97. The Kier molecular flexibility index (Phi) is 2.50. The number of rotatable bonds is 3. The summed E-state index contributed by atoms with van der Waals surface area (Å²) in [5, 5.41) is 17.1. The van der Waals surface area contributed by atoms with Crippen LogP contribution in [0.15, 0.2) is 18.2 Å². The SMILES string of the molecule is CCc1ccc2n[nH]c(CCO)c2c1. The first-order valence-electron chi connectivity index (χ1n) is 4.92. The van der Waals surface area contributed by atoms with Gasteiger partial charge in [0.15, 0.2) is 0 Å². The zero-order valence-corrected chi connectivity index (χ0v) is 8.25. The van der Waals surface area contributed by atoms with Crippen LogP contribution in [0, 0.1) is 0 Å². The Morgan fingerprint density at radius 2 is 2.29 bits per heavy atom. The van der Waals surface area contributed by atoms with E-state index in [0.29, 0.717) is 6.42 Å². The molecule has 3 heteroatoms. The zero-order valence-electron chi connectivity index (χ0n) is 8.25. The van der Waals surface area contributed by atoms with Gasteiger partial charge in [-0.25, -0.2) is 0 Å². The number of aliphatic hydroxyl groups is 1. The second-order valence-corrected chi connectivity index (χ2v) is 3.38. The second-order valence-electron chi connectivity index (χ2n) is 3.38. The van der Waals surface area contributed by atoms with Gasteiger partial charge in [-0.15, -0.1) is 0 Å². The number of aryl methyl sites for hydroxylation is 1. The summed E-state index contributed by atoms with van der Waals surface area (Å²) in [4.78, 5) is 0. The molecule has 2 N–H and O–H groups in total. The van der Waals surface area contributed by atoms with E-state index in [9.17, 15) is 0 Å². The van der Waals surface area contributed by atoms with Gasteiger partial charge in [0.1, 0.15) is 0 Å². The Balaban J connectivity index is 2.52. The smallest absolute Gasteiger partial charge is 0.0923 e. The fourth-order valence-electron chi connectivity index (χ4n) is 1.63. The molecule has 0 saturated heterocycles. The molecule has 0 bridgehead atoms. The predicted octanol–water partition coefficient (Wildman–Crippen LogP) is 1.66. The molecule has 1 heterocycles. The number of aromatic amines is 1. The minimum Gasteiger partial charge on any atom is -0.396 e. The van der Waals surface area contributed by atoms with Crippen molar-refractivity contribution in [3.63, 3.8) is 0 Å². The highest BCUT2D eigenvalue weighted by molar-refractivity contribution is 5.82. The van der Waals surface area contributed by atoms with Crippen LogP contribution >= 0.6 is 0 Å². The maximum atomic E-state index is 8.88. The van der Waals surface area contributed by atoms with E-state index in [4.69, 9.17) is 5.11 Å². The Labute approximate surface area is 82.8 Å². The van der Waals surface area contributed by atoms with E-state index in [1.54, 1.807) is 0 Å². The van der Waals surface area contributed by atoms with Crippen LogP contribution in [0.5, 0.6) is 0 Å². The van der Waals surface area contributed by atoms with Crippen LogP contribution in [0.4, 0.5) is 0 Å². The van der Waals surface area contributed by atoms with Crippen molar-refractivity contribution in [3.05, 3.63) is 29.5 Å². The van der Waals surface area contributed by atoms with Gasteiger partial charge in [-0.2, -0.15) is 5.10 Å². The Hall–Kier alpha value is -1.35. The van der Waals surface area contributed by atoms with Gasteiger partial charge in [0.2, 0.25) is 0 Å². The highest BCUT2D eigenvalue weighted by Crippen LogP contribution is 2.18. The molecule has 0 fully saturated rings. The van der Waals surface area contributed by atoms with E-state index in [1.165, 1.54) is 5.56 Å². The number of aliphatic hydroxyl groups excluding tert-OH is 1. The summed E-state index contributed by atoms with van der Waals surface area (Å²) in [5.41, 5.74) is 3.31. The van der Waals surface area contributed by atoms with Crippen molar-refractivity contribution in [2.45, 2.75) is 19.8 Å². The molecule has 1 aromatic carbocycles. The Morgan fingerprint density at radius 1 is 1.43 bits per heavy atom. The lowest BCUT2D eigenvalue weighted by Crippen LogP contribution is -1.91. The minimum atomic E-state index is 0.160. The monoisotopic (exact) mass is 190 g/mol. The third-order valence-electron chi connectivity index (χ3n) is 2.47. The Bertz CT molecular complexity index is 434.